The van der Waals surface area contributed by atoms with Gasteiger partial charge in [-0.1, -0.05) is 27.7 Å². The molecular formula is C18H30NO3P. The van der Waals surface area contributed by atoms with Crippen LogP contribution in [0, 0.1) is 17.3 Å². The molecule has 0 spiro atoms. The molecule has 0 bridgehead atoms. The summed E-state index contributed by atoms with van der Waals surface area (Å²) in [6.45, 7) is 9.43. The molecule has 23 heavy (non-hydrogen) atoms. The van der Waals surface area contributed by atoms with Gasteiger partial charge >= 0.3 is 5.97 Å². The third-order valence-corrected chi connectivity index (χ3v) is 5.05. The predicted octanol–water partition coefficient (Wildman–Crippen LogP) is 4.70. The van der Waals surface area contributed by atoms with Crippen molar-refractivity contribution >= 4 is 20.8 Å². The Morgan fingerprint density at radius 1 is 1.13 bits per heavy atom. The molecule has 1 aromatic rings. The highest BCUT2D eigenvalue weighted by Crippen LogP contribution is 2.50. The number of benzene rings is 1. The van der Waals surface area contributed by atoms with Crippen LogP contribution in [0.15, 0.2) is 24.3 Å². The van der Waals surface area contributed by atoms with Gasteiger partial charge in [0.2, 0.25) is 0 Å². The number of carbonyl (C=O) groups excluding carboxylic acids is 1. The first-order valence-corrected chi connectivity index (χ1v) is 8.17. The lowest BCUT2D eigenvalue weighted by Crippen LogP contribution is -2.41. The first-order valence-electron chi connectivity index (χ1n) is 7.76. The topological polar surface area (TPSA) is 46.6 Å². The van der Waals surface area contributed by atoms with Crippen LogP contribution in [0.4, 0.5) is 5.69 Å². The van der Waals surface area contributed by atoms with E-state index in [4.69, 9.17) is 4.57 Å². The molecule has 0 heterocycles. The molecule has 1 aliphatic rings. The van der Waals surface area contributed by atoms with Crippen LogP contribution in [-0.4, -0.2) is 27.2 Å². The minimum Gasteiger partial charge on any atom is -0.465 e. The van der Waals surface area contributed by atoms with Crippen molar-refractivity contribution in [3.8, 4) is 0 Å². The molecular weight excluding hydrogens is 309 g/mol. The normalized spacial score (nSPS) is 20.7. The van der Waals surface area contributed by atoms with Gasteiger partial charge in [-0.25, -0.2) is 4.79 Å². The van der Waals surface area contributed by atoms with Gasteiger partial charge in [0, 0.05) is 19.8 Å². The Morgan fingerprint density at radius 2 is 1.57 bits per heavy atom. The fourth-order valence-electron chi connectivity index (χ4n) is 2.48. The fourth-order valence-corrected chi connectivity index (χ4v) is 2.48. The van der Waals surface area contributed by atoms with Crippen molar-refractivity contribution in [2.45, 2.75) is 34.1 Å². The molecule has 0 saturated heterocycles. The maximum Gasteiger partial charge on any atom is 0.337 e. The summed E-state index contributed by atoms with van der Waals surface area (Å²) in [5.74, 6) is 1.61. The minimum atomic E-state index is -0.301. The van der Waals surface area contributed by atoms with Crippen molar-refractivity contribution in [1.82, 2.24) is 0 Å². The average Bonchev–Trinajstić information content (AvgIpc) is 2.57. The Balaban J connectivity index is 0.000000414. The average molecular weight is 339 g/mol. The van der Waals surface area contributed by atoms with Crippen molar-refractivity contribution in [3.05, 3.63) is 29.8 Å². The number of esters is 1. The van der Waals surface area contributed by atoms with Crippen molar-refractivity contribution in [2.75, 3.05) is 26.1 Å². The second-order valence-corrected chi connectivity index (χ2v) is 6.79. The summed E-state index contributed by atoms with van der Waals surface area (Å²) in [5.41, 5.74) is 2.28. The van der Waals surface area contributed by atoms with Crippen LogP contribution in [0.1, 0.15) is 44.5 Å². The molecule has 5 heteroatoms. The Labute approximate surface area is 142 Å². The zero-order valence-electron chi connectivity index (χ0n) is 15.3. The molecule has 0 radical (unpaired) electrons. The van der Waals surface area contributed by atoms with E-state index >= 15 is 0 Å². The Bertz CT molecular complexity index is 476. The number of rotatable bonds is 2. The molecule has 0 N–H and O–H groups in total. The van der Waals surface area contributed by atoms with Gasteiger partial charge in [0.15, 0.2) is 0 Å². The van der Waals surface area contributed by atoms with E-state index in [1.54, 1.807) is 21.3 Å². The molecule has 1 aliphatic carbocycles. The van der Waals surface area contributed by atoms with Gasteiger partial charge in [-0.05, 0) is 47.9 Å². The van der Waals surface area contributed by atoms with Crippen LogP contribution in [0.3, 0.4) is 0 Å². The molecule has 2 rings (SSSR count). The van der Waals surface area contributed by atoms with Gasteiger partial charge in [0.05, 0.1) is 12.7 Å². The van der Waals surface area contributed by atoms with Crippen LogP contribution >= 0.6 is 9.12 Å². The standard InChI is InChI=1S/C10H13NO2.C8H16.HOP/c1-11(2)9-6-4-8(5-7-9)10(12)13-3;1-6-5-7(2)8(6,3)4;1-2/h4-7H,1-3H3;6-7H,5H2,1-4H3;2H. The molecule has 2 atom stereocenters. The van der Waals surface area contributed by atoms with Gasteiger partial charge < -0.3 is 9.64 Å². The summed E-state index contributed by atoms with van der Waals surface area (Å²) < 4.78 is 12.6. The first kappa shape index (κ1) is 21.6. The van der Waals surface area contributed by atoms with E-state index in [0.717, 1.165) is 17.5 Å². The maximum absolute atomic E-state index is 11.1. The molecule has 0 aliphatic heterocycles. The Kier molecular flexibility index (Phi) is 9.07. The molecule has 130 valence electrons. The van der Waals surface area contributed by atoms with E-state index in [-0.39, 0.29) is 5.97 Å². The molecule has 1 fully saturated rings. The van der Waals surface area contributed by atoms with Crippen molar-refractivity contribution in [2.24, 2.45) is 17.3 Å². The number of methoxy groups -OCH3 is 1. The number of ether oxygens (including phenoxy) is 1. The predicted molar refractivity (Wildman–Crippen MR) is 97.8 cm³/mol. The van der Waals surface area contributed by atoms with Gasteiger partial charge in [0.1, 0.15) is 9.12 Å². The number of anilines is 1. The summed E-state index contributed by atoms with van der Waals surface area (Å²) in [6, 6.07) is 7.26. The highest BCUT2D eigenvalue weighted by atomic mass is 31.0. The van der Waals surface area contributed by atoms with Crippen LogP contribution in [0.2, 0.25) is 0 Å². The number of carbonyl (C=O) groups is 1. The number of hydrogen-bond donors (Lipinski definition) is 0. The van der Waals surface area contributed by atoms with Gasteiger partial charge in [-0.2, -0.15) is 0 Å². The first-order chi connectivity index (χ1) is 10.7. The SMILES string of the molecule is CC1CC(C)C1(C)C.COC(=O)c1ccc(N(C)C)cc1.O=P. The second-order valence-electron chi connectivity index (χ2n) is 6.79. The lowest BCUT2D eigenvalue weighted by Gasteiger charge is -2.49. The van der Waals surface area contributed by atoms with E-state index in [1.807, 2.05) is 31.1 Å². The lowest BCUT2D eigenvalue weighted by atomic mass is 9.56. The summed E-state index contributed by atoms with van der Waals surface area (Å²) in [4.78, 5) is 13.0. The maximum atomic E-state index is 11.1. The quantitative estimate of drug-likeness (QED) is 0.579. The minimum absolute atomic E-state index is 0.301. The van der Waals surface area contributed by atoms with Crippen LogP contribution < -0.4 is 4.90 Å². The molecule has 2 unspecified atom stereocenters. The highest BCUT2D eigenvalue weighted by Gasteiger charge is 2.41. The number of hydrogen-bond acceptors (Lipinski definition) is 4. The van der Waals surface area contributed by atoms with Crippen molar-refractivity contribution in [3.63, 3.8) is 0 Å². The van der Waals surface area contributed by atoms with E-state index < -0.39 is 0 Å². The van der Waals surface area contributed by atoms with E-state index in [1.165, 1.54) is 13.5 Å². The molecule has 1 saturated carbocycles. The molecule has 0 aromatic heterocycles. The smallest absolute Gasteiger partial charge is 0.337 e. The zero-order valence-corrected chi connectivity index (χ0v) is 16.3. The Hall–Kier alpha value is -1.41. The van der Waals surface area contributed by atoms with Crippen molar-refractivity contribution < 1.29 is 14.1 Å². The van der Waals surface area contributed by atoms with Crippen LogP contribution in [0.25, 0.3) is 0 Å². The lowest BCUT2D eigenvalue weighted by molar-refractivity contribution is 0.00567. The molecule has 1 aromatic carbocycles. The summed E-state index contributed by atoms with van der Waals surface area (Å²) >= 11 is 0. The summed E-state index contributed by atoms with van der Waals surface area (Å²) in [7, 11) is 7.00. The molecule has 0 amide bonds. The number of nitrogens with zero attached hydrogens (tertiary/aromatic N) is 1. The monoisotopic (exact) mass is 339 g/mol. The van der Waals surface area contributed by atoms with E-state index in [9.17, 15) is 4.79 Å². The summed E-state index contributed by atoms with van der Waals surface area (Å²) in [6.07, 6.45) is 1.44. The molecule has 4 nitrogen and oxygen atoms in total. The highest BCUT2D eigenvalue weighted by molar-refractivity contribution is 7.00. The second kappa shape index (κ2) is 9.67. The fraction of sp³-hybridized carbons (Fsp3) is 0.611. The van der Waals surface area contributed by atoms with Gasteiger partial charge in [0.25, 0.3) is 0 Å². The summed E-state index contributed by atoms with van der Waals surface area (Å²) in [5, 5.41) is 0. The van der Waals surface area contributed by atoms with Gasteiger partial charge in [-0.15, -0.1) is 0 Å². The van der Waals surface area contributed by atoms with Crippen LogP contribution in [-0.2, 0) is 9.30 Å². The largest absolute Gasteiger partial charge is 0.465 e. The van der Waals surface area contributed by atoms with Gasteiger partial charge in [-0.3, -0.25) is 4.57 Å². The Morgan fingerprint density at radius 3 is 1.78 bits per heavy atom. The van der Waals surface area contributed by atoms with Crippen LogP contribution in [0.5, 0.6) is 0 Å². The van der Waals surface area contributed by atoms with Crippen molar-refractivity contribution in [1.29, 1.82) is 0 Å². The third-order valence-electron chi connectivity index (χ3n) is 5.05. The van der Waals surface area contributed by atoms with E-state index in [2.05, 4.69) is 32.4 Å². The zero-order chi connectivity index (χ0) is 18.2. The van der Waals surface area contributed by atoms with E-state index in [0.29, 0.717) is 11.0 Å². The third kappa shape index (κ3) is 5.95.